The van der Waals surface area contributed by atoms with Crippen LogP contribution in [0.4, 0.5) is 4.79 Å². The van der Waals surface area contributed by atoms with Crippen molar-refractivity contribution in [2.75, 3.05) is 13.8 Å². The number of urea groups is 1. The third-order valence-electron chi connectivity index (χ3n) is 4.30. The number of benzene rings is 1. The zero-order valence-electron chi connectivity index (χ0n) is 13.7. The van der Waals surface area contributed by atoms with Gasteiger partial charge in [0.2, 0.25) is 12.7 Å². The van der Waals surface area contributed by atoms with Crippen LogP contribution < -0.4 is 20.1 Å². The SMILES string of the molecule is CNC(=O)[C@@H](C)N1C(=O)N[C@@](C)(Cc2ccc3c(c2)OCO3)C1=O. The first kappa shape index (κ1) is 16.1. The molecule has 1 saturated heterocycles. The number of hydrogen-bond donors (Lipinski definition) is 2. The van der Waals surface area contributed by atoms with Crippen LogP contribution in [-0.2, 0) is 16.0 Å². The summed E-state index contributed by atoms with van der Waals surface area (Å²) in [6.45, 7) is 3.33. The van der Waals surface area contributed by atoms with Crippen molar-refractivity contribution in [3.8, 4) is 11.5 Å². The first-order valence-electron chi connectivity index (χ1n) is 7.61. The van der Waals surface area contributed by atoms with E-state index in [0.717, 1.165) is 10.5 Å². The predicted octanol–water partition coefficient (Wildman–Crippen LogP) is 0.403. The molecule has 0 radical (unpaired) electrons. The minimum absolute atomic E-state index is 0.170. The van der Waals surface area contributed by atoms with Crippen LogP contribution in [0, 0.1) is 0 Å². The maximum atomic E-state index is 12.7. The van der Waals surface area contributed by atoms with Gasteiger partial charge in [-0.3, -0.25) is 9.59 Å². The first-order chi connectivity index (χ1) is 11.4. The van der Waals surface area contributed by atoms with E-state index in [0.29, 0.717) is 11.5 Å². The van der Waals surface area contributed by atoms with Crippen LogP contribution in [0.15, 0.2) is 18.2 Å². The Morgan fingerprint density at radius 3 is 2.79 bits per heavy atom. The third kappa shape index (κ3) is 2.53. The van der Waals surface area contributed by atoms with Gasteiger partial charge in [0.1, 0.15) is 11.6 Å². The highest BCUT2D eigenvalue weighted by Crippen LogP contribution is 2.34. The minimum atomic E-state index is -1.12. The molecule has 0 bridgehead atoms. The Morgan fingerprint density at radius 1 is 1.38 bits per heavy atom. The van der Waals surface area contributed by atoms with Crippen LogP contribution in [0.3, 0.4) is 0 Å². The van der Waals surface area contributed by atoms with Gasteiger partial charge in [-0.15, -0.1) is 0 Å². The number of amides is 4. The monoisotopic (exact) mass is 333 g/mol. The second kappa shape index (κ2) is 5.70. The largest absolute Gasteiger partial charge is 0.454 e. The van der Waals surface area contributed by atoms with Gasteiger partial charge in [0.05, 0.1) is 0 Å². The van der Waals surface area contributed by atoms with Crippen molar-refractivity contribution in [3.63, 3.8) is 0 Å². The van der Waals surface area contributed by atoms with E-state index in [-0.39, 0.29) is 13.2 Å². The molecule has 1 fully saturated rings. The molecule has 2 heterocycles. The molecular weight excluding hydrogens is 314 g/mol. The number of carbonyl (C=O) groups is 3. The molecule has 2 atom stereocenters. The van der Waals surface area contributed by atoms with Gasteiger partial charge in [-0.25, -0.2) is 9.69 Å². The fourth-order valence-corrected chi connectivity index (χ4v) is 2.96. The van der Waals surface area contributed by atoms with Crippen LogP contribution in [0.1, 0.15) is 19.4 Å². The molecule has 128 valence electrons. The number of nitrogens with one attached hydrogen (secondary N) is 2. The third-order valence-corrected chi connectivity index (χ3v) is 4.30. The lowest BCUT2D eigenvalue weighted by atomic mass is 9.92. The summed E-state index contributed by atoms with van der Waals surface area (Å²) in [4.78, 5) is 37.7. The van der Waals surface area contributed by atoms with Crippen LogP contribution in [-0.4, -0.2) is 48.2 Å². The van der Waals surface area contributed by atoms with Gasteiger partial charge in [0.15, 0.2) is 11.5 Å². The fourth-order valence-electron chi connectivity index (χ4n) is 2.96. The highest BCUT2D eigenvalue weighted by atomic mass is 16.7. The molecule has 4 amide bonds. The standard InChI is InChI=1S/C16H19N3O5/c1-9(13(20)17-3)19-14(21)16(2,18-15(19)22)7-10-4-5-11-12(6-10)24-8-23-11/h4-6,9H,7-8H2,1-3H3,(H,17,20)(H,18,22)/t9-,16+/m1/s1. The van der Waals surface area contributed by atoms with E-state index in [4.69, 9.17) is 9.47 Å². The number of rotatable bonds is 4. The molecule has 0 aliphatic carbocycles. The summed E-state index contributed by atoms with van der Waals surface area (Å²) in [5.74, 6) is 0.441. The first-order valence-corrected chi connectivity index (χ1v) is 7.61. The van der Waals surface area contributed by atoms with Gasteiger partial charge in [-0.2, -0.15) is 0 Å². The molecule has 8 heteroatoms. The van der Waals surface area contributed by atoms with Crippen LogP contribution in [0.2, 0.25) is 0 Å². The molecule has 0 unspecified atom stereocenters. The zero-order valence-corrected chi connectivity index (χ0v) is 13.7. The van der Waals surface area contributed by atoms with Gasteiger partial charge in [-0.05, 0) is 31.5 Å². The van der Waals surface area contributed by atoms with E-state index in [1.807, 2.05) is 6.07 Å². The number of likely N-dealkylation sites (N-methyl/N-ethyl adjacent to an activating group) is 1. The molecule has 0 spiro atoms. The van der Waals surface area contributed by atoms with Crippen molar-refractivity contribution in [2.24, 2.45) is 0 Å². The summed E-state index contributed by atoms with van der Waals surface area (Å²) in [5, 5.41) is 5.14. The minimum Gasteiger partial charge on any atom is -0.454 e. The highest BCUT2D eigenvalue weighted by Gasteiger charge is 2.50. The van der Waals surface area contributed by atoms with E-state index in [1.165, 1.54) is 14.0 Å². The quantitative estimate of drug-likeness (QED) is 0.778. The Morgan fingerprint density at radius 2 is 2.08 bits per heavy atom. The van der Waals surface area contributed by atoms with Gasteiger partial charge >= 0.3 is 6.03 Å². The second-order valence-electron chi connectivity index (χ2n) is 6.09. The average molecular weight is 333 g/mol. The van der Waals surface area contributed by atoms with E-state index in [2.05, 4.69) is 10.6 Å². The molecule has 0 saturated carbocycles. The van der Waals surface area contributed by atoms with E-state index in [1.54, 1.807) is 19.1 Å². The van der Waals surface area contributed by atoms with Gasteiger partial charge in [-0.1, -0.05) is 6.07 Å². The number of fused-ring (bicyclic) bond motifs is 1. The number of nitrogens with zero attached hydrogens (tertiary/aromatic N) is 1. The summed E-state index contributed by atoms with van der Waals surface area (Å²) < 4.78 is 10.6. The normalized spacial score (nSPS) is 23.2. The average Bonchev–Trinajstić information content (AvgIpc) is 3.08. The van der Waals surface area contributed by atoms with Crippen LogP contribution in [0.5, 0.6) is 11.5 Å². The fraction of sp³-hybridized carbons (Fsp3) is 0.438. The van der Waals surface area contributed by atoms with E-state index < -0.39 is 29.4 Å². The second-order valence-corrected chi connectivity index (χ2v) is 6.09. The van der Waals surface area contributed by atoms with Crippen molar-refractivity contribution in [2.45, 2.75) is 31.8 Å². The molecule has 2 N–H and O–H groups in total. The van der Waals surface area contributed by atoms with Crippen LogP contribution >= 0.6 is 0 Å². The topological polar surface area (TPSA) is 97.0 Å². The lowest BCUT2D eigenvalue weighted by molar-refractivity contribution is -0.137. The summed E-state index contributed by atoms with van der Waals surface area (Å²) in [5.41, 5.74) is -0.294. The van der Waals surface area contributed by atoms with Gasteiger partial charge in [0.25, 0.3) is 5.91 Å². The summed E-state index contributed by atoms with van der Waals surface area (Å²) >= 11 is 0. The summed E-state index contributed by atoms with van der Waals surface area (Å²) in [7, 11) is 1.46. The summed E-state index contributed by atoms with van der Waals surface area (Å²) in [6, 6.07) is 3.94. The predicted molar refractivity (Wildman–Crippen MR) is 83.6 cm³/mol. The Hall–Kier alpha value is -2.77. The maximum absolute atomic E-state index is 12.7. The smallest absolute Gasteiger partial charge is 0.325 e. The maximum Gasteiger partial charge on any atom is 0.325 e. The van der Waals surface area contributed by atoms with E-state index >= 15 is 0 Å². The number of imide groups is 1. The lowest BCUT2D eigenvalue weighted by Crippen LogP contribution is -2.49. The van der Waals surface area contributed by atoms with Crippen molar-refractivity contribution in [1.29, 1.82) is 0 Å². The molecule has 2 aliphatic heterocycles. The van der Waals surface area contributed by atoms with Crippen molar-refractivity contribution >= 4 is 17.8 Å². The lowest BCUT2D eigenvalue weighted by Gasteiger charge is -2.24. The number of carbonyl (C=O) groups excluding carboxylic acids is 3. The molecular formula is C16H19N3O5. The van der Waals surface area contributed by atoms with Crippen LogP contribution in [0.25, 0.3) is 0 Å². The molecule has 3 rings (SSSR count). The Labute approximate surface area is 139 Å². The van der Waals surface area contributed by atoms with Gasteiger partial charge < -0.3 is 20.1 Å². The Balaban J connectivity index is 1.82. The van der Waals surface area contributed by atoms with Crippen molar-refractivity contribution in [1.82, 2.24) is 15.5 Å². The van der Waals surface area contributed by atoms with Crippen molar-refractivity contribution in [3.05, 3.63) is 23.8 Å². The summed E-state index contributed by atoms with van der Waals surface area (Å²) in [6.07, 6.45) is 0.283. The van der Waals surface area contributed by atoms with E-state index in [9.17, 15) is 14.4 Å². The molecule has 1 aromatic rings. The van der Waals surface area contributed by atoms with Gasteiger partial charge in [0, 0.05) is 13.5 Å². The Kier molecular flexibility index (Phi) is 3.82. The molecule has 1 aromatic carbocycles. The van der Waals surface area contributed by atoms with Crippen molar-refractivity contribution < 1.29 is 23.9 Å². The molecule has 0 aromatic heterocycles. The molecule has 2 aliphatic rings. The zero-order chi connectivity index (χ0) is 17.5. The number of hydrogen-bond acceptors (Lipinski definition) is 5. The molecule has 24 heavy (non-hydrogen) atoms. The number of ether oxygens (including phenoxy) is 2. The highest BCUT2D eigenvalue weighted by molar-refractivity contribution is 6.09. The molecule has 8 nitrogen and oxygen atoms in total. The Bertz CT molecular complexity index is 720.